The summed E-state index contributed by atoms with van der Waals surface area (Å²) in [7, 11) is 1.51. The van der Waals surface area contributed by atoms with E-state index in [0.717, 1.165) is 0 Å². The van der Waals surface area contributed by atoms with E-state index in [1.807, 2.05) is 0 Å². The fourth-order valence-electron chi connectivity index (χ4n) is 3.32. The standard InChI is InChI=1S/C20H23FN6O4/c1-30-8-9-31-20(29)26-7-6-13(10-22)17(12-26)27-11-16(18(23)28)19(25-27)24-15-4-2-14(21)3-5-15/h2-5,11,13,17H,6-9,12H2,1H3,(H2,23,28)(H,24,25)/t13?,17-/m1/s1. The fourth-order valence-corrected chi connectivity index (χ4v) is 3.32. The number of ether oxygens (including phenoxy) is 2. The van der Waals surface area contributed by atoms with E-state index in [9.17, 15) is 19.2 Å². The van der Waals surface area contributed by atoms with Crippen LogP contribution >= 0.6 is 0 Å². The average molecular weight is 430 g/mol. The molecule has 2 atom stereocenters. The number of rotatable bonds is 7. The van der Waals surface area contributed by atoms with Crippen LogP contribution in [0, 0.1) is 23.1 Å². The van der Waals surface area contributed by atoms with E-state index in [1.54, 1.807) is 0 Å². The highest BCUT2D eigenvalue weighted by Crippen LogP contribution is 2.30. The smallest absolute Gasteiger partial charge is 0.409 e. The number of halogens is 1. The molecule has 3 N–H and O–H groups in total. The number of hydrogen-bond donors (Lipinski definition) is 2. The molecule has 0 spiro atoms. The molecule has 1 aliphatic rings. The molecule has 3 rings (SSSR count). The largest absolute Gasteiger partial charge is 0.447 e. The Morgan fingerprint density at radius 3 is 2.74 bits per heavy atom. The lowest BCUT2D eigenvalue weighted by Gasteiger charge is -2.35. The van der Waals surface area contributed by atoms with E-state index in [0.29, 0.717) is 18.7 Å². The molecule has 164 valence electrons. The number of carbonyl (C=O) groups excluding carboxylic acids is 2. The molecular formula is C20H23FN6O4. The first-order valence-electron chi connectivity index (χ1n) is 9.64. The Morgan fingerprint density at radius 2 is 2.10 bits per heavy atom. The fraction of sp³-hybridized carbons (Fsp3) is 0.400. The maximum Gasteiger partial charge on any atom is 0.409 e. The Hall–Kier alpha value is -3.65. The number of primary amides is 1. The summed E-state index contributed by atoms with van der Waals surface area (Å²) in [5.41, 5.74) is 6.12. The summed E-state index contributed by atoms with van der Waals surface area (Å²) < 4.78 is 24.7. The highest BCUT2D eigenvalue weighted by molar-refractivity contribution is 5.98. The van der Waals surface area contributed by atoms with Gasteiger partial charge in [0.2, 0.25) is 0 Å². The third-order valence-electron chi connectivity index (χ3n) is 4.96. The molecule has 2 amide bonds. The van der Waals surface area contributed by atoms with Crippen molar-refractivity contribution in [3.8, 4) is 6.07 Å². The molecule has 2 aromatic rings. The molecule has 2 heterocycles. The van der Waals surface area contributed by atoms with Crippen LogP contribution in [-0.2, 0) is 9.47 Å². The molecule has 31 heavy (non-hydrogen) atoms. The van der Waals surface area contributed by atoms with Crippen LogP contribution in [0.1, 0.15) is 22.8 Å². The first-order chi connectivity index (χ1) is 14.9. The zero-order chi connectivity index (χ0) is 22.4. The molecule has 11 heteroatoms. The molecule has 0 bridgehead atoms. The summed E-state index contributed by atoms with van der Waals surface area (Å²) in [4.78, 5) is 25.7. The van der Waals surface area contributed by atoms with Gasteiger partial charge < -0.3 is 25.4 Å². The first kappa shape index (κ1) is 22.0. The number of carbonyl (C=O) groups is 2. The second-order valence-corrected chi connectivity index (χ2v) is 7.01. The van der Waals surface area contributed by atoms with Gasteiger partial charge in [0, 0.05) is 32.1 Å². The van der Waals surface area contributed by atoms with Crippen molar-refractivity contribution < 1.29 is 23.5 Å². The van der Waals surface area contributed by atoms with Crippen LogP contribution in [0.5, 0.6) is 0 Å². The summed E-state index contributed by atoms with van der Waals surface area (Å²) in [6.45, 7) is 0.950. The van der Waals surface area contributed by atoms with Gasteiger partial charge in [0.1, 0.15) is 18.0 Å². The van der Waals surface area contributed by atoms with E-state index < -0.39 is 29.8 Å². The maximum atomic E-state index is 13.2. The Morgan fingerprint density at radius 1 is 1.35 bits per heavy atom. The number of nitrogens with two attached hydrogens (primary N) is 1. The lowest BCUT2D eigenvalue weighted by Crippen LogP contribution is -2.45. The van der Waals surface area contributed by atoms with Crippen LogP contribution in [0.4, 0.5) is 20.7 Å². The van der Waals surface area contributed by atoms with Crippen molar-refractivity contribution >= 4 is 23.5 Å². The van der Waals surface area contributed by atoms with Gasteiger partial charge in [0.15, 0.2) is 5.82 Å². The van der Waals surface area contributed by atoms with E-state index in [2.05, 4.69) is 16.5 Å². The third kappa shape index (κ3) is 5.29. The second kappa shape index (κ2) is 9.90. The lowest BCUT2D eigenvalue weighted by atomic mass is 9.93. The minimum Gasteiger partial charge on any atom is -0.447 e. The van der Waals surface area contributed by atoms with Gasteiger partial charge in [-0.05, 0) is 30.7 Å². The number of aromatic nitrogens is 2. The van der Waals surface area contributed by atoms with E-state index >= 15 is 0 Å². The molecule has 1 saturated heterocycles. The molecule has 0 radical (unpaired) electrons. The Kier molecular flexibility index (Phi) is 7.04. The Bertz CT molecular complexity index is 971. The number of likely N-dealkylation sites (tertiary alicyclic amines) is 1. The maximum absolute atomic E-state index is 13.2. The van der Waals surface area contributed by atoms with E-state index in [4.69, 9.17) is 15.2 Å². The van der Waals surface area contributed by atoms with Crippen molar-refractivity contribution in [2.24, 2.45) is 11.7 Å². The molecule has 0 aliphatic carbocycles. The molecule has 1 fully saturated rings. The lowest BCUT2D eigenvalue weighted by molar-refractivity contribution is 0.0556. The minimum atomic E-state index is -0.712. The first-order valence-corrected chi connectivity index (χ1v) is 9.64. The van der Waals surface area contributed by atoms with Gasteiger partial charge in [-0.15, -0.1) is 0 Å². The van der Waals surface area contributed by atoms with Crippen molar-refractivity contribution in [1.82, 2.24) is 14.7 Å². The van der Waals surface area contributed by atoms with Crippen LogP contribution in [0.25, 0.3) is 0 Å². The summed E-state index contributed by atoms with van der Waals surface area (Å²) in [6.07, 6.45) is 1.36. The molecule has 1 aliphatic heterocycles. The predicted molar refractivity (Wildman–Crippen MR) is 108 cm³/mol. The number of amides is 2. The molecule has 1 aromatic carbocycles. The number of piperidine rings is 1. The minimum absolute atomic E-state index is 0.112. The number of nitrogens with one attached hydrogen (secondary N) is 1. The van der Waals surface area contributed by atoms with E-state index in [-0.39, 0.29) is 31.1 Å². The second-order valence-electron chi connectivity index (χ2n) is 7.01. The van der Waals surface area contributed by atoms with Gasteiger partial charge in [-0.1, -0.05) is 0 Å². The highest BCUT2D eigenvalue weighted by Gasteiger charge is 2.35. The summed E-state index contributed by atoms with van der Waals surface area (Å²) in [5.74, 6) is -1.36. The molecule has 0 saturated carbocycles. The molecule has 10 nitrogen and oxygen atoms in total. The van der Waals surface area contributed by atoms with Crippen molar-refractivity contribution in [2.45, 2.75) is 12.5 Å². The summed E-state index contributed by atoms with van der Waals surface area (Å²) in [6, 6.07) is 7.26. The van der Waals surface area contributed by atoms with Crippen molar-refractivity contribution in [2.75, 3.05) is 38.7 Å². The zero-order valence-electron chi connectivity index (χ0n) is 17.0. The number of methoxy groups -OCH3 is 1. The number of hydrogen-bond acceptors (Lipinski definition) is 7. The van der Waals surface area contributed by atoms with Crippen LogP contribution in [0.2, 0.25) is 0 Å². The predicted octanol–water partition coefficient (Wildman–Crippen LogP) is 2.03. The van der Waals surface area contributed by atoms with Gasteiger partial charge in [-0.25, -0.2) is 9.18 Å². The SMILES string of the molecule is COCCOC(=O)N1CCC(C#N)[C@H](n2cc(C(N)=O)c(Nc3ccc(F)cc3)n2)C1. The number of nitriles is 1. The quantitative estimate of drug-likeness (QED) is 0.642. The number of nitrogens with zero attached hydrogens (tertiary/aromatic N) is 4. The molecular weight excluding hydrogens is 407 g/mol. The van der Waals surface area contributed by atoms with E-state index in [1.165, 1.54) is 47.2 Å². The van der Waals surface area contributed by atoms with Gasteiger partial charge >= 0.3 is 6.09 Å². The van der Waals surface area contributed by atoms with Gasteiger partial charge in [-0.2, -0.15) is 10.4 Å². The monoisotopic (exact) mass is 430 g/mol. The Labute approximate surface area is 178 Å². The van der Waals surface area contributed by atoms with Gasteiger partial charge in [0.25, 0.3) is 5.91 Å². The molecule has 1 unspecified atom stereocenters. The van der Waals surface area contributed by atoms with Crippen molar-refractivity contribution in [3.63, 3.8) is 0 Å². The van der Waals surface area contributed by atoms with Gasteiger partial charge in [-0.3, -0.25) is 9.48 Å². The van der Waals surface area contributed by atoms with Crippen LogP contribution in [0.15, 0.2) is 30.5 Å². The normalized spacial score (nSPS) is 18.3. The summed E-state index contributed by atoms with van der Waals surface area (Å²) >= 11 is 0. The molecule has 1 aromatic heterocycles. The Balaban J connectivity index is 1.83. The summed E-state index contributed by atoms with van der Waals surface area (Å²) in [5, 5.41) is 16.9. The van der Waals surface area contributed by atoms with Crippen LogP contribution in [-0.4, -0.2) is 60.1 Å². The number of benzene rings is 1. The average Bonchev–Trinajstić information content (AvgIpc) is 3.19. The topological polar surface area (TPSA) is 136 Å². The zero-order valence-corrected chi connectivity index (χ0v) is 17.0. The highest BCUT2D eigenvalue weighted by atomic mass is 19.1. The van der Waals surface area contributed by atoms with Crippen LogP contribution < -0.4 is 11.1 Å². The third-order valence-corrected chi connectivity index (χ3v) is 4.96. The van der Waals surface area contributed by atoms with Gasteiger partial charge in [0.05, 0.1) is 24.6 Å². The van der Waals surface area contributed by atoms with Crippen LogP contribution in [0.3, 0.4) is 0 Å². The van der Waals surface area contributed by atoms with Crippen molar-refractivity contribution in [3.05, 3.63) is 41.8 Å². The number of anilines is 2. The van der Waals surface area contributed by atoms with Crippen molar-refractivity contribution in [1.29, 1.82) is 5.26 Å².